The lowest BCUT2D eigenvalue weighted by Crippen LogP contribution is -2.51. The molecule has 1 amide bonds. The van der Waals surface area contributed by atoms with Crippen LogP contribution in [0, 0.1) is 13.8 Å². The summed E-state index contributed by atoms with van der Waals surface area (Å²) < 4.78 is 5.44. The van der Waals surface area contributed by atoms with Crippen molar-refractivity contribution < 1.29 is 19.6 Å². The number of carbonyl (C=O) groups excluding carboxylic acids is 1. The zero-order valence-electron chi connectivity index (χ0n) is 16.4. The minimum absolute atomic E-state index is 0.298. The lowest BCUT2D eigenvalue weighted by Gasteiger charge is -2.38. The van der Waals surface area contributed by atoms with Crippen LogP contribution in [0.4, 0.5) is 10.5 Å². The molecule has 1 aromatic rings. The molecule has 4 N–H and O–H groups in total. The number of anilines is 1. The summed E-state index contributed by atoms with van der Waals surface area (Å²) in [7, 11) is -1.54. The second kappa shape index (κ2) is 7.86. The first-order chi connectivity index (χ1) is 12.0. The zero-order valence-corrected chi connectivity index (χ0v) is 16.4. The highest BCUT2D eigenvalue weighted by molar-refractivity contribution is 6.59. The molecule has 7 nitrogen and oxygen atoms in total. The maximum absolute atomic E-state index is 12.2. The number of amides is 1. The van der Waals surface area contributed by atoms with Gasteiger partial charge in [-0.1, -0.05) is 6.07 Å². The lowest BCUT2D eigenvalue weighted by atomic mass is 9.74. The van der Waals surface area contributed by atoms with E-state index in [1.54, 1.807) is 11.0 Å². The van der Waals surface area contributed by atoms with Crippen molar-refractivity contribution in [2.75, 3.05) is 31.1 Å². The number of benzene rings is 1. The minimum atomic E-state index is -1.54. The third kappa shape index (κ3) is 4.49. The molecule has 1 fully saturated rings. The summed E-state index contributed by atoms with van der Waals surface area (Å²) >= 11 is 0. The summed E-state index contributed by atoms with van der Waals surface area (Å²) in [6.07, 6.45) is -0.298. The van der Waals surface area contributed by atoms with Gasteiger partial charge in [-0.15, -0.1) is 0 Å². The fourth-order valence-corrected chi connectivity index (χ4v) is 3.37. The fourth-order valence-electron chi connectivity index (χ4n) is 3.37. The quantitative estimate of drug-likeness (QED) is 0.677. The Hall–Kier alpha value is -1.77. The van der Waals surface area contributed by atoms with Gasteiger partial charge in [-0.25, -0.2) is 4.79 Å². The molecule has 1 saturated heterocycles. The second-order valence-corrected chi connectivity index (χ2v) is 7.76. The second-order valence-electron chi connectivity index (χ2n) is 7.76. The van der Waals surface area contributed by atoms with Gasteiger partial charge >= 0.3 is 13.2 Å². The number of carbonyl (C=O) groups is 1. The van der Waals surface area contributed by atoms with E-state index in [-0.39, 0.29) is 6.09 Å². The van der Waals surface area contributed by atoms with Crippen molar-refractivity contribution in [1.29, 1.82) is 0 Å². The highest BCUT2D eigenvalue weighted by Gasteiger charge is 2.29. The van der Waals surface area contributed by atoms with Gasteiger partial charge in [0.05, 0.1) is 0 Å². The predicted octanol–water partition coefficient (Wildman–Crippen LogP) is 0.499. The third-order valence-electron chi connectivity index (χ3n) is 4.70. The summed E-state index contributed by atoms with van der Waals surface area (Å²) in [6, 6.07) is 1.76. The van der Waals surface area contributed by atoms with Gasteiger partial charge in [-0.3, -0.25) is 0 Å². The topological polar surface area (TPSA) is 99.3 Å². The maximum atomic E-state index is 12.2. The molecule has 144 valence electrons. The smallest absolute Gasteiger partial charge is 0.444 e. The number of nitrogens with two attached hydrogens (primary N) is 1. The summed E-state index contributed by atoms with van der Waals surface area (Å²) in [5.74, 6) is 0. The van der Waals surface area contributed by atoms with Crippen LogP contribution in [-0.4, -0.2) is 59.9 Å². The number of rotatable bonds is 3. The van der Waals surface area contributed by atoms with E-state index in [1.807, 2.05) is 34.6 Å². The van der Waals surface area contributed by atoms with Gasteiger partial charge in [0.25, 0.3) is 0 Å². The number of hydrogen-bond donors (Lipinski definition) is 3. The molecule has 0 bridgehead atoms. The van der Waals surface area contributed by atoms with Crippen LogP contribution < -0.4 is 16.1 Å². The van der Waals surface area contributed by atoms with Gasteiger partial charge in [-0.2, -0.15) is 0 Å². The Bertz CT molecular complexity index is 665. The van der Waals surface area contributed by atoms with Crippen molar-refractivity contribution in [3.05, 3.63) is 22.8 Å². The van der Waals surface area contributed by atoms with Crippen LogP contribution in [0.25, 0.3) is 0 Å². The van der Waals surface area contributed by atoms with Gasteiger partial charge in [0, 0.05) is 38.4 Å². The van der Waals surface area contributed by atoms with Gasteiger partial charge in [-0.05, 0) is 56.8 Å². The van der Waals surface area contributed by atoms with Crippen molar-refractivity contribution in [3.63, 3.8) is 0 Å². The van der Waals surface area contributed by atoms with E-state index in [9.17, 15) is 14.8 Å². The van der Waals surface area contributed by atoms with E-state index in [0.29, 0.717) is 38.2 Å². The molecule has 0 unspecified atom stereocenters. The van der Waals surface area contributed by atoms with Crippen LogP contribution in [-0.2, 0) is 11.3 Å². The van der Waals surface area contributed by atoms with Crippen LogP contribution in [0.2, 0.25) is 0 Å². The minimum Gasteiger partial charge on any atom is -0.444 e. The molecule has 0 aliphatic carbocycles. The van der Waals surface area contributed by atoms with Gasteiger partial charge in [0.15, 0.2) is 0 Å². The SMILES string of the molecule is Cc1c(CN)cc(B(O)O)c(C)c1N1CCN(C(=O)OC(C)(C)C)CC1. The molecule has 0 atom stereocenters. The van der Waals surface area contributed by atoms with Gasteiger partial charge in [0.1, 0.15) is 5.60 Å². The van der Waals surface area contributed by atoms with Crippen LogP contribution in [0.15, 0.2) is 6.07 Å². The summed E-state index contributed by atoms with van der Waals surface area (Å²) in [6.45, 7) is 12.2. The van der Waals surface area contributed by atoms with E-state index >= 15 is 0 Å². The maximum Gasteiger partial charge on any atom is 0.488 e. The number of nitrogens with zero attached hydrogens (tertiary/aromatic N) is 2. The fraction of sp³-hybridized carbons (Fsp3) is 0.611. The van der Waals surface area contributed by atoms with Crippen molar-refractivity contribution in [1.82, 2.24) is 4.90 Å². The largest absolute Gasteiger partial charge is 0.488 e. The molecule has 0 radical (unpaired) electrons. The van der Waals surface area contributed by atoms with Crippen LogP contribution in [0.5, 0.6) is 0 Å². The van der Waals surface area contributed by atoms with E-state index in [2.05, 4.69) is 4.90 Å². The summed E-state index contributed by atoms with van der Waals surface area (Å²) in [5.41, 5.74) is 9.54. The highest BCUT2D eigenvalue weighted by atomic mass is 16.6. The molecule has 26 heavy (non-hydrogen) atoms. The van der Waals surface area contributed by atoms with Crippen molar-refractivity contribution in [2.24, 2.45) is 5.73 Å². The number of hydrogen-bond acceptors (Lipinski definition) is 6. The monoisotopic (exact) mass is 363 g/mol. The molecule has 0 saturated carbocycles. The zero-order chi connectivity index (χ0) is 19.6. The Morgan fingerprint density at radius 3 is 2.23 bits per heavy atom. The summed E-state index contributed by atoms with van der Waals surface area (Å²) in [5, 5.41) is 19.4. The normalized spacial score (nSPS) is 15.2. The molecule has 8 heteroatoms. The average Bonchev–Trinajstić information content (AvgIpc) is 2.54. The Balaban J connectivity index is 2.21. The Morgan fingerprint density at radius 2 is 1.77 bits per heavy atom. The van der Waals surface area contributed by atoms with Crippen molar-refractivity contribution in [2.45, 2.75) is 46.8 Å². The molecule has 1 aromatic carbocycles. The molecule has 1 aliphatic rings. The first kappa shape index (κ1) is 20.5. The van der Waals surface area contributed by atoms with Crippen LogP contribution in [0.3, 0.4) is 0 Å². The first-order valence-electron chi connectivity index (χ1n) is 8.97. The molecule has 0 spiro atoms. The molecular weight excluding hydrogens is 333 g/mol. The molecule has 2 rings (SSSR count). The molecule has 1 heterocycles. The van der Waals surface area contributed by atoms with Crippen molar-refractivity contribution in [3.8, 4) is 0 Å². The third-order valence-corrected chi connectivity index (χ3v) is 4.70. The Morgan fingerprint density at radius 1 is 1.19 bits per heavy atom. The number of piperazine rings is 1. The Labute approximate surface area is 155 Å². The molecule has 1 aliphatic heterocycles. The van der Waals surface area contributed by atoms with Crippen molar-refractivity contribution >= 4 is 24.4 Å². The highest BCUT2D eigenvalue weighted by Crippen LogP contribution is 2.28. The molecular formula is C18H30BN3O4. The van der Waals surface area contributed by atoms with E-state index in [0.717, 1.165) is 22.4 Å². The lowest BCUT2D eigenvalue weighted by molar-refractivity contribution is 0.0240. The predicted molar refractivity (Wildman–Crippen MR) is 104 cm³/mol. The van der Waals surface area contributed by atoms with Crippen LogP contribution >= 0.6 is 0 Å². The van der Waals surface area contributed by atoms with E-state index in [4.69, 9.17) is 10.5 Å². The van der Waals surface area contributed by atoms with Crippen LogP contribution in [0.1, 0.15) is 37.5 Å². The first-order valence-corrected chi connectivity index (χ1v) is 8.97. The summed E-state index contributed by atoms with van der Waals surface area (Å²) in [4.78, 5) is 16.1. The Kier molecular flexibility index (Phi) is 6.21. The average molecular weight is 363 g/mol. The standard InChI is InChI=1S/C18H30BN3O4/c1-12-14(11-20)10-15(19(24)25)13(2)16(12)21-6-8-22(9-7-21)17(23)26-18(3,4)5/h10,24-25H,6-9,11,20H2,1-5H3. The molecule has 0 aromatic heterocycles. The van der Waals surface area contributed by atoms with E-state index < -0.39 is 12.7 Å². The van der Waals surface area contributed by atoms with Gasteiger partial charge in [0.2, 0.25) is 0 Å². The van der Waals surface area contributed by atoms with E-state index in [1.165, 1.54) is 0 Å². The number of ether oxygens (including phenoxy) is 1. The van der Waals surface area contributed by atoms with Gasteiger partial charge < -0.3 is 30.3 Å².